The number of hydrogen-bond acceptors (Lipinski definition) is 0. The first-order chi connectivity index (χ1) is 0. The van der Waals surface area contributed by atoms with E-state index in [1.165, 1.54) is 0 Å². The van der Waals surface area contributed by atoms with Crippen molar-refractivity contribution in [2.45, 2.75) is 0 Å². The maximum Gasteiger partial charge on any atom is 3.00 e. The van der Waals surface area contributed by atoms with E-state index in [9.17, 15) is 0 Å². The Morgan fingerprint density at radius 1 is 0.429 bits per heavy atom. The first kappa shape index (κ1) is 127. The van der Waals surface area contributed by atoms with E-state index in [0.29, 0.717) is 0 Å². The standard InChI is InChI=1S/2Al.3O.2Os/q2*+3;3*-2;;. The Bertz CT molecular complexity index is 10.9. The summed E-state index contributed by atoms with van der Waals surface area (Å²) in [7, 11) is 0. The molecular weight excluding hydrogens is 482 g/mol. The summed E-state index contributed by atoms with van der Waals surface area (Å²) in [6, 6.07) is 0. The SMILES string of the molecule is [Al+3].[Al+3].[O-2].[O-2].[O-2].[Os].[Os]. The van der Waals surface area contributed by atoms with Gasteiger partial charge >= 0.3 is 34.7 Å². The van der Waals surface area contributed by atoms with Crippen molar-refractivity contribution in [2.24, 2.45) is 0 Å². The first-order valence-corrected chi connectivity index (χ1v) is 0. The molecule has 0 aromatic heterocycles. The quantitative estimate of drug-likeness (QED) is 0.392. The summed E-state index contributed by atoms with van der Waals surface area (Å²) in [4.78, 5) is 0. The van der Waals surface area contributed by atoms with Crippen LogP contribution in [0.1, 0.15) is 0 Å². The average molecular weight is 482 g/mol. The van der Waals surface area contributed by atoms with E-state index < -0.39 is 0 Å². The van der Waals surface area contributed by atoms with Crippen molar-refractivity contribution in [3.63, 3.8) is 0 Å². The predicted octanol–water partition coefficient (Wildman–Crippen LogP) is -1.12. The molecule has 0 unspecified atom stereocenters. The molecule has 0 aromatic rings. The van der Waals surface area contributed by atoms with Crippen LogP contribution in [0.25, 0.3) is 0 Å². The average Bonchev–Trinajstić information content (AvgIpc) is 0. The third kappa shape index (κ3) is 64.6. The summed E-state index contributed by atoms with van der Waals surface area (Å²) in [6.07, 6.45) is 0. The van der Waals surface area contributed by atoms with Crippen molar-refractivity contribution in [3.8, 4) is 0 Å². The van der Waals surface area contributed by atoms with Crippen LogP contribution in [0.2, 0.25) is 0 Å². The van der Waals surface area contributed by atoms with Crippen LogP contribution in [0.5, 0.6) is 0 Å². The van der Waals surface area contributed by atoms with Crippen LogP contribution in [0.4, 0.5) is 0 Å². The second-order valence-electron chi connectivity index (χ2n) is 0. The van der Waals surface area contributed by atoms with Crippen molar-refractivity contribution in [2.75, 3.05) is 0 Å². The number of rotatable bonds is 0. The molecule has 0 N–H and O–H groups in total. The summed E-state index contributed by atoms with van der Waals surface area (Å²) in [5.41, 5.74) is 0. The monoisotopic (exact) mass is 486 g/mol. The Balaban J connectivity index is 0. The molecule has 0 saturated heterocycles. The Kier molecular flexibility index (Phi) is 1570. The minimum Gasteiger partial charge on any atom is -2.00 e. The van der Waals surface area contributed by atoms with E-state index in [1.807, 2.05) is 0 Å². The minimum atomic E-state index is 0. The molecule has 0 heterocycles. The molecule has 0 aliphatic heterocycles. The molecule has 40 valence electrons. The topological polar surface area (TPSA) is 85.5 Å². The largest absolute Gasteiger partial charge is 3.00 e. The molecule has 0 spiro atoms. The van der Waals surface area contributed by atoms with Gasteiger partial charge in [-0.05, 0) is 0 Å². The van der Waals surface area contributed by atoms with Crippen LogP contribution in [0.15, 0.2) is 0 Å². The second-order valence-corrected chi connectivity index (χ2v) is 0. The molecular formula is Al2O3Os2. The van der Waals surface area contributed by atoms with Gasteiger partial charge < -0.3 is 16.4 Å². The fourth-order valence-electron chi connectivity index (χ4n) is 0. The molecule has 0 fully saturated rings. The summed E-state index contributed by atoms with van der Waals surface area (Å²) >= 11 is 0. The van der Waals surface area contributed by atoms with Gasteiger partial charge in [-0.1, -0.05) is 0 Å². The van der Waals surface area contributed by atoms with Crippen LogP contribution in [0.3, 0.4) is 0 Å². The Labute approximate surface area is 89.9 Å². The normalized spacial score (nSPS) is 0. The van der Waals surface area contributed by atoms with E-state index in [2.05, 4.69) is 0 Å². The summed E-state index contributed by atoms with van der Waals surface area (Å²) in [5.74, 6) is 0. The number of hydrogen-bond donors (Lipinski definition) is 0. The molecule has 3 nitrogen and oxygen atoms in total. The summed E-state index contributed by atoms with van der Waals surface area (Å²) < 4.78 is 0. The first-order valence-electron chi connectivity index (χ1n) is 0. The van der Waals surface area contributed by atoms with Crippen molar-refractivity contribution in [1.82, 2.24) is 0 Å². The molecule has 0 aromatic carbocycles. The van der Waals surface area contributed by atoms with Gasteiger partial charge in [0.15, 0.2) is 0 Å². The van der Waals surface area contributed by atoms with E-state index in [1.54, 1.807) is 0 Å². The second kappa shape index (κ2) is 87.0. The zero-order valence-electron chi connectivity index (χ0n) is 3.09. The Morgan fingerprint density at radius 2 is 0.429 bits per heavy atom. The van der Waals surface area contributed by atoms with Gasteiger partial charge in [0.2, 0.25) is 0 Å². The van der Waals surface area contributed by atoms with Gasteiger partial charge in [-0.2, -0.15) is 0 Å². The molecule has 0 rings (SSSR count). The molecule has 0 saturated carbocycles. The molecule has 7 heteroatoms. The van der Waals surface area contributed by atoms with E-state index in [4.69, 9.17) is 0 Å². The molecule has 0 bridgehead atoms. The van der Waals surface area contributed by atoms with Gasteiger partial charge in [0, 0.05) is 39.6 Å². The van der Waals surface area contributed by atoms with Crippen LogP contribution in [0, 0.1) is 0 Å². The Morgan fingerprint density at radius 3 is 0.429 bits per heavy atom. The van der Waals surface area contributed by atoms with Gasteiger partial charge in [-0.25, -0.2) is 0 Å². The third-order valence-electron chi connectivity index (χ3n) is 0. The van der Waals surface area contributed by atoms with Crippen LogP contribution in [-0.4, -0.2) is 34.7 Å². The van der Waals surface area contributed by atoms with Gasteiger partial charge in [0.1, 0.15) is 0 Å². The van der Waals surface area contributed by atoms with Crippen LogP contribution < -0.4 is 0 Å². The smallest absolute Gasteiger partial charge is 2.00 e. The fourth-order valence-corrected chi connectivity index (χ4v) is 0. The Hall–Kier alpha value is 2.22. The molecule has 7 heavy (non-hydrogen) atoms. The van der Waals surface area contributed by atoms with Crippen molar-refractivity contribution in [1.29, 1.82) is 0 Å². The van der Waals surface area contributed by atoms with Gasteiger partial charge in [0.25, 0.3) is 0 Å². The zero-order chi connectivity index (χ0) is 0. The van der Waals surface area contributed by atoms with Gasteiger partial charge in [0.05, 0.1) is 0 Å². The van der Waals surface area contributed by atoms with E-state index in [-0.39, 0.29) is 90.7 Å². The van der Waals surface area contributed by atoms with E-state index in [0.717, 1.165) is 0 Å². The summed E-state index contributed by atoms with van der Waals surface area (Å²) in [6.45, 7) is 0. The van der Waals surface area contributed by atoms with Crippen molar-refractivity contribution >= 4 is 34.7 Å². The van der Waals surface area contributed by atoms with Crippen LogP contribution in [-0.2, 0) is 56.0 Å². The van der Waals surface area contributed by atoms with Gasteiger partial charge in [-0.15, -0.1) is 0 Å². The summed E-state index contributed by atoms with van der Waals surface area (Å²) in [5, 5.41) is 0. The maximum atomic E-state index is 0. The predicted molar refractivity (Wildman–Crippen MR) is 13.6 cm³/mol. The van der Waals surface area contributed by atoms with Crippen molar-refractivity contribution in [3.05, 3.63) is 0 Å². The maximum absolute atomic E-state index is 0. The molecule has 0 radical (unpaired) electrons. The van der Waals surface area contributed by atoms with Gasteiger partial charge in [-0.3, -0.25) is 0 Å². The third-order valence-corrected chi connectivity index (χ3v) is 0. The zero-order valence-corrected chi connectivity index (χ0v) is 10.5. The molecule has 0 aliphatic carbocycles. The van der Waals surface area contributed by atoms with Crippen molar-refractivity contribution < 1.29 is 56.0 Å². The molecule has 0 atom stereocenters. The minimum absolute atomic E-state index is 0. The van der Waals surface area contributed by atoms with Crippen LogP contribution >= 0.6 is 0 Å². The molecule has 0 amide bonds. The molecule has 0 aliphatic rings. The van der Waals surface area contributed by atoms with E-state index >= 15 is 0 Å². The fraction of sp³-hybridized carbons (Fsp3) is 0.